The van der Waals surface area contributed by atoms with E-state index in [0.29, 0.717) is 17.5 Å². The quantitative estimate of drug-likeness (QED) is 0.820. The van der Waals surface area contributed by atoms with Crippen molar-refractivity contribution in [2.24, 2.45) is 5.92 Å². The number of benzene rings is 1. The van der Waals surface area contributed by atoms with Crippen LogP contribution in [0.25, 0.3) is 0 Å². The summed E-state index contributed by atoms with van der Waals surface area (Å²) in [5, 5.41) is 3.23. The van der Waals surface area contributed by atoms with Gasteiger partial charge in [0.15, 0.2) is 0 Å². The molecule has 1 unspecified atom stereocenters. The summed E-state index contributed by atoms with van der Waals surface area (Å²) in [6.45, 7) is 2.10. The van der Waals surface area contributed by atoms with Gasteiger partial charge in [0, 0.05) is 5.02 Å². The van der Waals surface area contributed by atoms with E-state index in [1.54, 1.807) is 25.1 Å². The van der Waals surface area contributed by atoms with Crippen LogP contribution in [0.15, 0.2) is 24.3 Å². The Labute approximate surface area is 123 Å². The van der Waals surface area contributed by atoms with E-state index < -0.39 is 6.04 Å². The molecule has 5 heteroatoms. The van der Waals surface area contributed by atoms with Crippen LogP contribution >= 0.6 is 11.6 Å². The third-order valence-corrected chi connectivity index (χ3v) is 3.38. The molecule has 1 N–H and O–H groups in total. The van der Waals surface area contributed by atoms with Crippen molar-refractivity contribution in [1.82, 2.24) is 5.32 Å². The fourth-order valence-electron chi connectivity index (χ4n) is 1.79. The van der Waals surface area contributed by atoms with E-state index in [9.17, 15) is 9.59 Å². The molecule has 1 atom stereocenters. The SMILES string of the molecule is CC(NC(=O)Cc1cccc(Cl)c1)C(=O)OCC1CC1. The van der Waals surface area contributed by atoms with Crippen molar-refractivity contribution in [3.63, 3.8) is 0 Å². The van der Waals surface area contributed by atoms with Gasteiger partial charge in [0.05, 0.1) is 13.0 Å². The number of esters is 1. The zero-order chi connectivity index (χ0) is 14.5. The standard InChI is InChI=1S/C15H18ClNO3/c1-10(15(19)20-9-11-5-6-11)17-14(18)8-12-3-2-4-13(16)7-12/h2-4,7,10-11H,5-6,8-9H2,1H3,(H,17,18). The summed E-state index contributed by atoms with van der Waals surface area (Å²) in [7, 11) is 0. The largest absolute Gasteiger partial charge is 0.464 e. The predicted molar refractivity (Wildman–Crippen MR) is 76.4 cm³/mol. The summed E-state index contributed by atoms with van der Waals surface area (Å²) in [5.74, 6) is -0.0761. The molecule has 1 fully saturated rings. The smallest absolute Gasteiger partial charge is 0.328 e. The molecule has 1 aliphatic carbocycles. The Morgan fingerprint density at radius 1 is 1.45 bits per heavy atom. The van der Waals surface area contributed by atoms with E-state index in [0.717, 1.165) is 18.4 Å². The maximum absolute atomic E-state index is 11.8. The fraction of sp³-hybridized carbons (Fsp3) is 0.467. The van der Waals surface area contributed by atoms with Crippen LogP contribution in [0.3, 0.4) is 0 Å². The highest BCUT2D eigenvalue weighted by molar-refractivity contribution is 6.30. The van der Waals surface area contributed by atoms with Crippen LogP contribution in [0, 0.1) is 5.92 Å². The summed E-state index contributed by atoms with van der Waals surface area (Å²) in [4.78, 5) is 23.5. The zero-order valence-corrected chi connectivity index (χ0v) is 12.2. The van der Waals surface area contributed by atoms with Crippen molar-refractivity contribution in [3.05, 3.63) is 34.9 Å². The number of nitrogens with one attached hydrogen (secondary N) is 1. The summed E-state index contributed by atoms with van der Waals surface area (Å²) in [6, 6.07) is 6.47. The van der Waals surface area contributed by atoms with Gasteiger partial charge in [0.2, 0.25) is 5.91 Å². The second-order valence-electron chi connectivity index (χ2n) is 5.17. The highest BCUT2D eigenvalue weighted by Gasteiger charge is 2.25. The van der Waals surface area contributed by atoms with Gasteiger partial charge >= 0.3 is 5.97 Å². The lowest BCUT2D eigenvalue weighted by atomic mass is 10.1. The van der Waals surface area contributed by atoms with Gasteiger partial charge in [-0.15, -0.1) is 0 Å². The lowest BCUT2D eigenvalue weighted by Crippen LogP contribution is -2.40. The first-order valence-electron chi connectivity index (χ1n) is 6.75. The van der Waals surface area contributed by atoms with Gasteiger partial charge in [-0.05, 0) is 43.4 Å². The zero-order valence-electron chi connectivity index (χ0n) is 11.4. The minimum absolute atomic E-state index is 0.195. The lowest BCUT2D eigenvalue weighted by molar-refractivity contribution is -0.147. The minimum atomic E-state index is -0.625. The van der Waals surface area contributed by atoms with Crippen LogP contribution in [-0.4, -0.2) is 24.5 Å². The second kappa shape index (κ2) is 6.75. The van der Waals surface area contributed by atoms with Crippen LogP contribution in [0.1, 0.15) is 25.3 Å². The molecule has 1 amide bonds. The Bertz CT molecular complexity index is 500. The van der Waals surface area contributed by atoms with Crippen molar-refractivity contribution in [1.29, 1.82) is 0 Å². The number of amides is 1. The maximum Gasteiger partial charge on any atom is 0.328 e. The van der Waals surface area contributed by atoms with Gasteiger partial charge in [-0.25, -0.2) is 4.79 Å². The molecule has 20 heavy (non-hydrogen) atoms. The van der Waals surface area contributed by atoms with Gasteiger partial charge in [0.25, 0.3) is 0 Å². The number of hydrogen-bond acceptors (Lipinski definition) is 3. The van der Waals surface area contributed by atoms with Crippen LogP contribution in [0.5, 0.6) is 0 Å². The molecule has 1 aliphatic rings. The second-order valence-corrected chi connectivity index (χ2v) is 5.61. The molecule has 108 valence electrons. The maximum atomic E-state index is 11.8. The molecule has 0 heterocycles. The molecule has 1 aromatic rings. The van der Waals surface area contributed by atoms with Crippen LogP contribution in [-0.2, 0) is 20.7 Å². The highest BCUT2D eigenvalue weighted by atomic mass is 35.5. The Morgan fingerprint density at radius 3 is 2.85 bits per heavy atom. The first-order valence-corrected chi connectivity index (χ1v) is 7.13. The molecule has 2 rings (SSSR count). The molecule has 0 saturated heterocycles. The van der Waals surface area contributed by atoms with Crippen molar-refractivity contribution in [3.8, 4) is 0 Å². The van der Waals surface area contributed by atoms with Crippen molar-refractivity contribution < 1.29 is 14.3 Å². The van der Waals surface area contributed by atoms with Crippen molar-refractivity contribution >= 4 is 23.5 Å². The summed E-state index contributed by atoms with van der Waals surface area (Å²) >= 11 is 5.86. The molecule has 1 aromatic carbocycles. The van der Waals surface area contributed by atoms with Gasteiger partial charge < -0.3 is 10.1 Å². The molecule has 0 radical (unpaired) electrons. The summed E-state index contributed by atoms with van der Waals surface area (Å²) in [6.07, 6.45) is 2.45. The van der Waals surface area contributed by atoms with E-state index in [2.05, 4.69) is 5.32 Å². The lowest BCUT2D eigenvalue weighted by Gasteiger charge is -2.13. The van der Waals surface area contributed by atoms with Gasteiger partial charge in [-0.2, -0.15) is 0 Å². The Morgan fingerprint density at radius 2 is 2.20 bits per heavy atom. The molecule has 0 bridgehead atoms. The predicted octanol–water partition coefficient (Wildman–Crippen LogP) is 2.34. The third-order valence-electron chi connectivity index (χ3n) is 3.14. The van der Waals surface area contributed by atoms with E-state index in [1.165, 1.54) is 0 Å². The molecule has 0 spiro atoms. The summed E-state index contributed by atoms with van der Waals surface area (Å²) in [5.41, 5.74) is 0.813. The first kappa shape index (κ1) is 14.9. The molecular weight excluding hydrogens is 278 g/mol. The molecule has 0 aliphatic heterocycles. The van der Waals surface area contributed by atoms with Gasteiger partial charge in [-0.1, -0.05) is 23.7 Å². The molecule has 4 nitrogen and oxygen atoms in total. The van der Waals surface area contributed by atoms with Gasteiger partial charge in [-0.3, -0.25) is 4.79 Å². The number of ether oxygens (including phenoxy) is 1. The van der Waals surface area contributed by atoms with Crippen LogP contribution in [0.4, 0.5) is 0 Å². The van der Waals surface area contributed by atoms with Crippen molar-refractivity contribution in [2.45, 2.75) is 32.2 Å². The van der Waals surface area contributed by atoms with E-state index in [1.807, 2.05) is 6.07 Å². The normalized spacial score (nSPS) is 15.5. The monoisotopic (exact) mass is 295 g/mol. The fourth-order valence-corrected chi connectivity index (χ4v) is 2.01. The molecule has 1 saturated carbocycles. The number of carbonyl (C=O) groups is 2. The summed E-state index contributed by atoms with van der Waals surface area (Å²) < 4.78 is 5.12. The first-order chi connectivity index (χ1) is 9.54. The third kappa shape index (κ3) is 4.85. The van der Waals surface area contributed by atoms with E-state index >= 15 is 0 Å². The Hall–Kier alpha value is -1.55. The molecule has 0 aromatic heterocycles. The number of halogens is 1. The minimum Gasteiger partial charge on any atom is -0.464 e. The molecular formula is C15H18ClNO3. The highest BCUT2D eigenvalue weighted by Crippen LogP contribution is 2.28. The van der Waals surface area contributed by atoms with Crippen LogP contribution < -0.4 is 5.32 Å². The number of hydrogen-bond donors (Lipinski definition) is 1. The number of rotatable bonds is 6. The van der Waals surface area contributed by atoms with Crippen LogP contribution in [0.2, 0.25) is 5.02 Å². The topological polar surface area (TPSA) is 55.4 Å². The number of carbonyl (C=O) groups excluding carboxylic acids is 2. The average Bonchev–Trinajstić information content (AvgIpc) is 3.19. The Kier molecular flexibility index (Phi) is 5.01. The van der Waals surface area contributed by atoms with Crippen molar-refractivity contribution in [2.75, 3.05) is 6.61 Å². The average molecular weight is 296 g/mol. The van der Waals surface area contributed by atoms with Gasteiger partial charge in [0.1, 0.15) is 6.04 Å². The Balaban J connectivity index is 1.76. The van der Waals surface area contributed by atoms with E-state index in [-0.39, 0.29) is 18.3 Å². The van der Waals surface area contributed by atoms with E-state index in [4.69, 9.17) is 16.3 Å².